The Morgan fingerprint density at radius 2 is 1.81 bits per heavy atom. The fourth-order valence-corrected chi connectivity index (χ4v) is 3.49. The van der Waals surface area contributed by atoms with Crippen LogP contribution in [0.3, 0.4) is 0 Å². The summed E-state index contributed by atoms with van der Waals surface area (Å²) in [4.78, 5) is 14.4. The fourth-order valence-electron chi connectivity index (χ4n) is 3.37. The monoisotopic (exact) mass is 456 g/mol. The first kappa shape index (κ1) is 23.5. The van der Waals surface area contributed by atoms with Gasteiger partial charge < -0.3 is 19.7 Å². The number of aromatic nitrogens is 2. The summed E-state index contributed by atoms with van der Waals surface area (Å²) in [7, 11) is 1.60. The van der Waals surface area contributed by atoms with Crippen molar-refractivity contribution >= 4 is 17.6 Å². The molecule has 3 aromatic rings. The lowest BCUT2D eigenvalue weighted by Gasteiger charge is -2.23. The lowest BCUT2D eigenvalue weighted by Crippen LogP contribution is -2.39. The number of halogens is 1. The van der Waals surface area contributed by atoms with Gasteiger partial charge in [0.2, 0.25) is 5.88 Å². The van der Waals surface area contributed by atoms with E-state index < -0.39 is 0 Å². The SMILES string of the molecule is CCCN(Cc1c(C)nn(-c2ccc(Cl)cc2)c1Oc1ccccc1OC)C(=O)NCC. The van der Waals surface area contributed by atoms with Crippen molar-refractivity contribution in [3.05, 3.63) is 64.8 Å². The summed E-state index contributed by atoms with van der Waals surface area (Å²) in [5, 5.41) is 8.25. The normalized spacial score (nSPS) is 10.7. The summed E-state index contributed by atoms with van der Waals surface area (Å²) in [6.07, 6.45) is 0.838. The van der Waals surface area contributed by atoms with Crippen molar-refractivity contribution < 1.29 is 14.3 Å². The van der Waals surface area contributed by atoms with E-state index in [0.717, 1.165) is 23.4 Å². The van der Waals surface area contributed by atoms with Gasteiger partial charge in [0.25, 0.3) is 0 Å². The smallest absolute Gasteiger partial charge is 0.317 e. The van der Waals surface area contributed by atoms with Crippen LogP contribution in [0.2, 0.25) is 5.02 Å². The van der Waals surface area contributed by atoms with E-state index in [2.05, 4.69) is 5.32 Å². The maximum absolute atomic E-state index is 12.6. The molecule has 0 fully saturated rings. The van der Waals surface area contributed by atoms with Crippen LogP contribution in [-0.2, 0) is 6.54 Å². The van der Waals surface area contributed by atoms with Gasteiger partial charge in [-0.3, -0.25) is 0 Å². The van der Waals surface area contributed by atoms with E-state index in [9.17, 15) is 4.79 Å². The van der Waals surface area contributed by atoms with Gasteiger partial charge in [0.05, 0.1) is 30.6 Å². The van der Waals surface area contributed by atoms with Crippen LogP contribution in [0, 0.1) is 6.92 Å². The van der Waals surface area contributed by atoms with Crippen LogP contribution < -0.4 is 14.8 Å². The van der Waals surface area contributed by atoms with E-state index in [4.69, 9.17) is 26.2 Å². The van der Waals surface area contributed by atoms with Crippen LogP contribution in [-0.4, -0.2) is 40.9 Å². The number of para-hydroxylation sites is 2. The second-order valence-corrected chi connectivity index (χ2v) is 7.70. The van der Waals surface area contributed by atoms with E-state index in [1.807, 2.05) is 57.2 Å². The highest BCUT2D eigenvalue weighted by atomic mass is 35.5. The third-order valence-corrected chi connectivity index (χ3v) is 5.19. The number of aryl methyl sites for hydroxylation is 1. The summed E-state index contributed by atoms with van der Waals surface area (Å²) in [6, 6.07) is 14.7. The number of hydrogen-bond donors (Lipinski definition) is 1. The highest BCUT2D eigenvalue weighted by Crippen LogP contribution is 2.36. The Bertz CT molecular complexity index is 1050. The predicted octanol–water partition coefficient (Wildman–Crippen LogP) is 5.58. The molecule has 3 rings (SSSR count). The van der Waals surface area contributed by atoms with Crippen LogP contribution >= 0.6 is 11.6 Å². The average Bonchev–Trinajstić information content (AvgIpc) is 3.09. The molecule has 2 aromatic carbocycles. The zero-order chi connectivity index (χ0) is 23.1. The number of rotatable bonds is 9. The lowest BCUT2D eigenvalue weighted by atomic mass is 10.2. The zero-order valence-corrected chi connectivity index (χ0v) is 19.6. The molecule has 170 valence electrons. The number of benzene rings is 2. The molecule has 0 unspecified atom stereocenters. The average molecular weight is 457 g/mol. The molecule has 2 amide bonds. The Hall–Kier alpha value is -3.19. The molecular weight excluding hydrogens is 428 g/mol. The van der Waals surface area contributed by atoms with E-state index in [1.165, 1.54) is 0 Å². The number of amides is 2. The lowest BCUT2D eigenvalue weighted by molar-refractivity contribution is 0.195. The fraction of sp³-hybridized carbons (Fsp3) is 0.333. The van der Waals surface area contributed by atoms with Crippen molar-refractivity contribution in [2.75, 3.05) is 20.2 Å². The number of nitrogens with one attached hydrogen (secondary N) is 1. The standard InChI is InChI=1S/C24H29ClN4O3/c1-5-15-28(24(30)26-6-2)16-20-17(3)27-29(19-13-11-18(25)12-14-19)23(20)32-22-10-8-7-9-21(22)31-4/h7-14H,5-6,15-16H2,1-4H3,(H,26,30). The quantitative estimate of drug-likeness (QED) is 0.456. The summed E-state index contributed by atoms with van der Waals surface area (Å²) in [5.41, 5.74) is 2.40. The van der Waals surface area contributed by atoms with Crippen molar-refractivity contribution in [1.29, 1.82) is 0 Å². The van der Waals surface area contributed by atoms with Gasteiger partial charge in [-0.15, -0.1) is 0 Å². The van der Waals surface area contributed by atoms with Crippen LogP contribution in [0.4, 0.5) is 4.79 Å². The second-order valence-electron chi connectivity index (χ2n) is 7.27. The first-order chi connectivity index (χ1) is 15.5. The zero-order valence-electron chi connectivity index (χ0n) is 18.9. The van der Waals surface area contributed by atoms with Crippen LogP contribution in [0.25, 0.3) is 5.69 Å². The van der Waals surface area contributed by atoms with Crippen LogP contribution in [0.15, 0.2) is 48.5 Å². The van der Waals surface area contributed by atoms with E-state index in [0.29, 0.717) is 42.0 Å². The maximum atomic E-state index is 12.6. The maximum Gasteiger partial charge on any atom is 0.317 e. The molecule has 7 nitrogen and oxygen atoms in total. The molecule has 1 aromatic heterocycles. The Morgan fingerprint density at radius 1 is 1.12 bits per heavy atom. The number of carbonyl (C=O) groups is 1. The molecule has 8 heteroatoms. The van der Waals surface area contributed by atoms with Gasteiger partial charge in [0, 0.05) is 18.1 Å². The molecule has 0 bridgehead atoms. The van der Waals surface area contributed by atoms with Gasteiger partial charge >= 0.3 is 6.03 Å². The molecule has 0 radical (unpaired) electrons. The number of nitrogens with zero attached hydrogens (tertiary/aromatic N) is 3. The second kappa shape index (κ2) is 10.9. The van der Waals surface area contributed by atoms with Crippen LogP contribution in [0.5, 0.6) is 17.4 Å². The molecule has 0 atom stereocenters. The molecule has 1 N–H and O–H groups in total. The Morgan fingerprint density at radius 3 is 2.44 bits per heavy atom. The highest BCUT2D eigenvalue weighted by Gasteiger charge is 2.24. The largest absolute Gasteiger partial charge is 0.493 e. The third kappa shape index (κ3) is 5.34. The van der Waals surface area contributed by atoms with E-state index in [1.54, 1.807) is 28.8 Å². The van der Waals surface area contributed by atoms with Crippen molar-refractivity contribution in [3.8, 4) is 23.1 Å². The molecular formula is C24H29ClN4O3. The number of urea groups is 1. The van der Waals surface area contributed by atoms with Gasteiger partial charge in [-0.2, -0.15) is 5.10 Å². The molecule has 0 aliphatic rings. The highest BCUT2D eigenvalue weighted by molar-refractivity contribution is 6.30. The number of methoxy groups -OCH3 is 1. The number of hydrogen-bond acceptors (Lipinski definition) is 4. The van der Waals surface area contributed by atoms with Crippen molar-refractivity contribution in [3.63, 3.8) is 0 Å². The topological polar surface area (TPSA) is 68.6 Å². The molecule has 32 heavy (non-hydrogen) atoms. The molecule has 0 spiro atoms. The van der Waals surface area contributed by atoms with Gasteiger partial charge in [-0.1, -0.05) is 30.7 Å². The van der Waals surface area contributed by atoms with Gasteiger partial charge in [-0.25, -0.2) is 9.48 Å². The van der Waals surface area contributed by atoms with Gasteiger partial charge in [0.15, 0.2) is 11.5 Å². The summed E-state index contributed by atoms with van der Waals surface area (Å²) in [5.74, 6) is 1.69. The first-order valence-corrected chi connectivity index (χ1v) is 11.0. The Labute approximate surface area is 193 Å². The molecule has 0 aliphatic carbocycles. The Kier molecular flexibility index (Phi) is 8.00. The summed E-state index contributed by atoms with van der Waals surface area (Å²) < 4.78 is 13.6. The summed E-state index contributed by atoms with van der Waals surface area (Å²) in [6.45, 7) is 7.41. The van der Waals surface area contributed by atoms with E-state index >= 15 is 0 Å². The van der Waals surface area contributed by atoms with Gasteiger partial charge in [0.1, 0.15) is 0 Å². The number of ether oxygens (including phenoxy) is 2. The molecule has 0 aliphatic heterocycles. The molecule has 0 saturated carbocycles. The minimum absolute atomic E-state index is 0.115. The van der Waals surface area contributed by atoms with E-state index in [-0.39, 0.29) is 6.03 Å². The first-order valence-electron chi connectivity index (χ1n) is 10.7. The van der Waals surface area contributed by atoms with Gasteiger partial charge in [-0.05, 0) is 56.7 Å². The number of carbonyl (C=O) groups excluding carboxylic acids is 1. The molecule has 0 saturated heterocycles. The van der Waals surface area contributed by atoms with Crippen molar-refractivity contribution in [2.45, 2.75) is 33.7 Å². The van der Waals surface area contributed by atoms with Crippen molar-refractivity contribution in [2.24, 2.45) is 0 Å². The molecule has 1 heterocycles. The third-order valence-electron chi connectivity index (χ3n) is 4.94. The predicted molar refractivity (Wildman–Crippen MR) is 126 cm³/mol. The minimum atomic E-state index is -0.115. The van der Waals surface area contributed by atoms with Crippen LogP contribution in [0.1, 0.15) is 31.5 Å². The van der Waals surface area contributed by atoms with Crippen molar-refractivity contribution in [1.82, 2.24) is 20.0 Å². The summed E-state index contributed by atoms with van der Waals surface area (Å²) >= 11 is 6.08. The Balaban J connectivity index is 2.09. The minimum Gasteiger partial charge on any atom is -0.493 e.